The van der Waals surface area contributed by atoms with Crippen LogP contribution in [0.4, 0.5) is 0 Å². The number of carbonyl (C=O) groups is 1. The molecule has 1 atom stereocenters. The molecule has 0 aliphatic rings. The Bertz CT molecular complexity index is 518. The highest BCUT2D eigenvalue weighted by Gasteiger charge is 2.15. The minimum atomic E-state index is 0.0638. The molecule has 2 nitrogen and oxygen atoms in total. The third kappa shape index (κ3) is 3.05. The van der Waals surface area contributed by atoms with Crippen molar-refractivity contribution in [3.8, 4) is 0 Å². The average molecular weight is 259 g/mol. The van der Waals surface area contributed by atoms with Crippen LogP contribution in [0.1, 0.15) is 34.3 Å². The summed E-state index contributed by atoms with van der Waals surface area (Å²) in [5.41, 5.74) is 3.78. The number of thiazole rings is 1. The van der Waals surface area contributed by atoms with E-state index in [-0.39, 0.29) is 11.7 Å². The lowest BCUT2D eigenvalue weighted by Crippen LogP contribution is -2.12. The van der Waals surface area contributed by atoms with Crippen molar-refractivity contribution >= 4 is 17.1 Å². The van der Waals surface area contributed by atoms with Crippen molar-refractivity contribution in [1.29, 1.82) is 0 Å². The van der Waals surface area contributed by atoms with Gasteiger partial charge in [-0.25, -0.2) is 4.98 Å². The molecule has 0 saturated carbocycles. The van der Waals surface area contributed by atoms with Crippen LogP contribution in [0.5, 0.6) is 0 Å². The maximum Gasteiger partial charge on any atom is 0.165 e. The molecule has 2 aromatic rings. The molecule has 0 fully saturated rings. The molecule has 0 spiro atoms. The molecule has 0 aliphatic heterocycles. The molecule has 0 aliphatic carbocycles. The maximum absolute atomic E-state index is 12.2. The van der Waals surface area contributed by atoms with Gasteiger partial charge in [-0.3, -0.25) is 4.79 Å². The predicted octanol–water partition coefficient (Wildman–Crippen LogP) is 3.90. The van der Waals surface area contributed by atoms with E-state index in [2.05, 4.69) is 4.98 Å². The Morgan fingerprint density at radius 3 is 2.67 bits per heavy atom. The van der Waals surface area contributed by atoms with Crippen molar-refractivity contribution in [2.75, 3.05) is 0 Å². The molecule has 1 heterocycles. The quantitative estimate of drug-likeness (QED) is 0.762. The van der Waals surface area contributed by atoms with Gasteiger partial charge in [0, 0.05) is 16.4 Å². The molecule has 1 aromatic heterocycles. The summed E-state index contributed by atoms with van der Waals surface area (Å²) in [6.07, 6.45) is 1.83. The molecule has 0 amide bonds. The minimum Gasteiger partial charge on any atom is -0.294 e. The zero-order chi connectivity index (χ0) is 13.0. The summed E-state index contributed by atoms with van der Waals surface area (Å²) in [6.45, 7) is 4.03. The van der Waals surface area contributed by atoms with Gasteiger partial charge in [-0.15, -0.1) is 11.3 Å². The smallest absolute Gasteiger partial charge is 0.165 e. The van der Waals surface area contributed by atoms with Crippen LogP contribution in [-0.2, 0) is 6.42 Å². The number of ketones is 1. The molecule has 3 heteroatoms. The van der Waals surface area contributed by atoms with E-state index in [1.165, 1.54) is 4.88 Å². The first-order chi connectivity index (χ1) is 8.68. The molecule has 2 rings (SSSR count). The molecule has 18 heavy (non-hydrogen) atoms. The fraction of sp³-hybridized carbons (Fsp3) is 0.333. The second kappa shape index (κ2) is 5.91. The number of Topliss-reactive ketones (excluding diaryl/α,β-unsaturated/α-hetero) is 1. The van der Waals surface area contributed by atoms with E-state index < -0.39 is 0 Å². The molecular formula is C15H17NOS. The van der Waals surface area contributed by atoms with Gasteiger partial charge in [0.05, 0.1) is 11.2 Å². The van der Waals surface area contributed by atoms with Crippen molar-refractivity contribution in [3.05, 3.63) is 52.0 Å². The zero-order valence-electron chi connectivity index (χ0n) is 10.7. The van der Waals surface area contributed by atoms with E-state index in [9.17, 15) is 4.79 Å². The van der Waals surface area contributed by atoms with E-state index in [1.54, 1.807) is 11.3 Å². The second-order valence-electron chi connectivity index (χ2n) is 4.53. The number of hydrogen-bond donors (Lipinski definition) is 0. The highest BCUT2D eigenvalue weighted by atomic mass is 32.1. The van der Waals surface area contributed by atoms with Gasteiger partial charge in [-0.1, -0.05) is 37.3 Å². The largest absolute Gasteiger partial charge is 0.294 e. The highest BCUT2D eigenvalue weighted by Crippen LogP contribution is 2.19. The Labute approximate surface area is 112 Å². The van der Waals surface area contributed by atoms with E-state index in [1.807, 2.05) is 49.7 Å². The summed E-state index contributed by atoms with van der Waals surface area (Å²) in [5.74, 6) is 0.298. The number of carbonyl (C=O) groups excluding carboxylic acids is 1. The summed E-state index contributed by atoms with van der Waals surface area (Å²) < 4.78 is 0. The summed E-state index contributed by atoms with van der Waals surface area (Å²) in [6, 6.07) is 9.52. The van der Waals surface area contributed by atoms with Crippen molar-refractivity contribution in [2.45, 2.75) is 26.7 Å². The lowest BCUT2D eigenvalue weighted by Gasteiger charge is -2.09. The van der Waals surface area contributed by atoms with Gasteiger partial charge in [-0.05, 0) is 19.8 Å². The van der Waals surface area contributed by atoms with Crippen LogP contribution in [-0.4, -0.2) is 10.8 Å². The molecule has 1 aromatic carbocycles. The Morgan fingerprint density at radius 2 is 2.06 bits per heavy atom. The molecule has 0 radical (unpaired) electrons. The first-order valence-corrected chi connectivity index (χ1v) is 7.04. The summed E-state index contributed by atoms with van der Waals surface area (Å²) in [7, 11) is 0. The Morgan fingerprint density at radius 1 is 1.33 bits per heavy atom. The predicted molar refractivity (Wildman–Crippen MR) is 75.1 cm³/mol. The van der Waals surface area contributed by atoms with Crippen molar-refractivity contribution in [3.63, 3.8) is 0 Å². The van der Waals surface area contributed by atoms with E-state index in [0.29, 0.717) is 0 Å². The Hall–Kier alpha value is -1.48. The van der Waals surface area contributed by atoms with Gasteiger partial charge in [-0.2, -0.15) is 0 Å². The number of benzene rings is 1. The van der Waals surface area contributed by atoms with Gasteiger partial charge in [0.15, 0.2) is 5.78 Å². The molecular weight excluding hydrogens is 242 g/mol. The van der Waals surface area contributed by atoms with Crippen LogP contribution in [0.25, 0.3) is 0 Å². The number of rotatable bonds is 5. The SMILES string of the molecule is Cc1ncsc1CCC(C)C(=O)c1ccccc1. The van der Waals surface area contributed by atoms with E-state index in [4.69, 9.17) is 0 Å². The van der Waals surface area contributed by atoms with E-state index >= 15 is 0 Å². The van der Waals surface area contributed by atoms with Gasteiger partial charge in [0.2, 0.25) is 0 Å². The molecule has 0 saturated heterocycles. The van der Waals surface area contributed by atoms with Crippen molar-refractivity contribution in [2.24, 2.45) is 5.92 Å². The van der Waals surface area contributed by atoms with Crippen LogP contribution in [0.2, 0.25) is 0 Å². The van der Waals surface area contributed by atoms with Crippen molar-refractivity contribution in [1.82, 2.24) is 4.98 Å². The summed E-state index contributed by atoms with van der Waals surface area (Å²) >= 11 is 1.68. The second-order valence-corrected chi connectivity index (χ2v) is 5.47. The van der Waals surface area contributed by atoms with Gasteiger partial charge in [0.25, 0.3) is 0 Å². The normalized spacial score (nSPS) is 12.3. The van der Waals surface area contributed by atoms with Crippen LogP contribution in [0.15, 0.2) is 35.8 Å². The van der Waals surface area contributed by atoms with Crippen LogP contribution in [0.3, 0.4) is 0 Å². The van der Waals surface area contributed by atoms with Crippen LogP contribution < -0.4 is 0 Å². The Kier molecular flexibility index (Phi) is 4.26. The number of hydrogen-bond acceptors (Lipinski definition) is 3. The lowest BCUT2D eigenvalue weighted by molar-refractivity contribution is 0.0924. The van der Waals surface area contributed by atoms with Crippen LogP contribution >= 0.6 is 11.3 Å². The lowest BCUT2D eigenvalue weighted by atomic mass is 9.95. The van der Waals surface area contributed by atoms with Crippen molar-refractivity contribution < 1.29 is 4.79 Å². The average Bonchev–Trinajstić information content (AvgIpc) is 2.81. The molecule has 1 unspecified atom stereocenters. The summed E-state index contributed by atoms with van der Waals surface area (Å²) in [4.78, 5) is 17.7. The minimum absolute atomic E-state index is 0.0638. The first kappa shape index (κ1) is 13.0. The number of aromatic nitrogens is 1. The molecule has 0 N–H and O–H groups in total. The van der Waals surface area contributed by atoms with Gasteiger partial charge < -0.3 is 0 Å². The van der Waals surface area contributed by atoms with Gasteiger partial charge in [0.1, 0.15) is 0 Å². The zero-order valence-corrected chi connectivity index (χ0v) is 11.5. The number of nitrogens with zero attached hydrogens (tertiary/aromatic N) is 1. The fourth-order valence-corrected chi connectivity index (χ4v) is 2.73. The third-order valence-electron chi connectivity index (χ3n) is 3.16. The van der Waals surface area contributed by atoms with Gasteiger partial charge >= 0.3 is 0 Å². The maximum atomic E-state index is 12.2. The number of aryl methyl sites for hydroxylation is 2. The Balaban J connectivity index is 1.94. The topological polar surface area (TPSA) is 30.0 Å². The third-order valence-corrected chi connectivity index (χ3v) is 4.15. The monoisotopic (exact) mass is 259 g/mol. The van der Waals surface area contributed by atoms with E-state index in [0.717, 1.165) is 24.1 Å². The fourth-order valence-electron chi connectivity index (χ4n) is 1.93. The first-order valence-electron chi connectivity index (χ1n) is 6.16. The molecule has 0 bridgehead atoms. The summed E-state index contributed by atoms with van der Waals surface area (Å²) in [5, 5.41) is 0. The molecule has 94 valence electrons. The highest BCUT2D eigenvalue weighted by molar-refractivity contribution is 7.09. The standard InChI is InChI=1S/C15H17NOS/c1-11(8-9-14-12(2)16-10-18-14)15(17)13-6-4-3-5-7-13/h3-7,10-11H,8-9H2,1-2H3. The van der Waals surface area contributed by atoms with Crippen LogP contribution in [0, 0.1) is 12.8 Å².